The third-order valence-corrected chi connectivity index (χ3v) is 6.87. The highest BCUT2D eigenvalue weighted by atomic mass is 79.9. The number of halogens is 2. The van der Waals surface area contributed by atoms with Gasteiger partial charge in [0.2, 0.25) is 0 Å². The topological polar surface area (TPSA) is 59.1 Å². The first kappa shape index (κ1) is 17.4. The van der Waals surface area contributed by atoms with Crippen molar-refractivity contribution >= 4 is 42.5 Å². The number of nitrogens with one attached hydrogen (secondary N) is 1. The number of sulfonamides is 1. The number of benzene rings is 2. The Morgan fingerprint density at radius 3 is 2.65 bits per heavy atom. The van der Waals surface area contributed by atoms with Gasteiger partial charge in [0.25, 0.3) is 10.0 Å². The summed E-state index contributed by atoms with van der Waals surface area (Å²) in [7, 11) is -3.95. The van der Waals surface area contributed by atoms with Crippen LogP contribution in [0.5, 0.6) is 0 Å². The zero-order valence-corrected chi connectivity index (χ0v) is 16.4. The lowest BCUT2D eigenvalue weighted by Gasteiger charge is -2.14. The van der Waals surface area contributed by atoms with E-state index < -0.39 is 15.8 Å². The molecule has 0 amide bonds. The third-order valence-electron chi connectivity index (χ3n) is 4.55. The molecule has 0 unspecified atom stereocenters. The summed E-state index contributed by atoms with van der Waals surface area (Å²) in [4.78, 5) is 4.23. The lowest BCUT2D eigenvalue weighted by molar-refractivity contribution is 0.592. The maximum Gasteiger partial charge on any atom is 0.263 e. The number of rotatable bonds is 4. The number of aromatic nitrogens is 1. The van der Waals surface area contributed by atoms with E-state index >= 15 is 0 Å². The monoisotopic (exact) mass is 434 g/mol. The molecule has 7 heteroatoms. The molecule has 1 aliphatic rings. The molecule has 0 radical (unpaired) electrons. The van der Waals surface area contributed by atoms with E-state index in [1.807, 2.05) is 24.3 Å². The molecule has 134 valence electrons. The fourth-order valence-corrected chi connectivity index (χ4v) is 4.44. The van der Waals surface area contributed by atoms with Gasteiger partial charge in [0.15, 0.2) is 0 Å². The zero-order chi connectivity index (χ0) is 18.5. The first-order valence-electron chi connectivity index (χ1n) is 8.23. The molecule has 1 aliphatic carbocycles. The minimum absolute atomic E-state index is 0.118. The molecule has 0 atom stereocenters. The Hall–Kier alpha value is -1.99. The smallest absolute Gasteiger partial charge is 0.263 e. The van der Waals surface area contributed by atoms with Crippen molar-refractivity contribution in [2.45, 2.75) is 30.6 Å². The van der Waals surface area contributed by atoms with Gasteiger partial charge in [0.1, 0.15) is 11.6 Å². The van der Waals surface area contributed by atoms with Crippen molar-refractivity contribution in [1.29, 1.82) is 0 Å². The molecule has 1 heterocycles. The van der Waals surface area contributed by atoms with Crippen LogP contribution in [0.3, 0.4) is 0 Å². The Morgan fingerprint density at radius 1 is 1.23 bits per heavy atom. The Kier molecular flexibility index (Phi) is 4.23. The van der Waals surface area contributed by atoms with E-state index in [4.69, 9.17) is 0 Å². The molecular weight excluding hydrogens is 419 g/mol. The highest BCUT2D eigenvalue weighted by Crippen LogP contribution is 2.46. The second-order valence-corrected chi connectivity index (χ2v) is 9.00. The van der Waals surface area contributed by atoms with Gasteiger partial charge in [-0.05, 0) is 64.7 Å². The average molecular weight is 435 g/mol. The second-order valence-electron chi connectivity index (χ2n) is 6.52. The van der Waals surface area contributed by atoms with E-state index in [0.29, 0.717) is 17.3 Å². The van der Waals surface area contributed by atoms with Crippen LogP contribution in [0.4, 0.5) is 10.2 Å². The van der Waals surface area contributed by atoms with E-state index in [1.54, 1.807) is 13.1 Å². The Balaban J connectivity index is 1.81. The van der Waals surface area contributed by atoms with Crippen LogP contribution in [0.2, 0.25) is 0 Å². The summed E-state index contributed by atoms with van der Waals surface area (Å²) in [6.45, 7) is 1.65. The minimum Gasteiger partial charge on any atom is -0.263 e. The van der Waals surface area contributed by atoms with Gasteiger partial charge in [-0.25, -0.2) is 17.8 Å². The predicted octanol–water partition coefficient (Wildman–Crippen LogP) is 5.12. The van der Waals surface area contributed by atoms with Gasteiger partial charge in [0, 0.05) is 17.1 Å². The lowest BCUT2D eigenvalue weighted by atomic mass is 10.0. The second kappa shape index (κ2) is 6.32. The fourth-order valence-electron chi connectivity index (χ4n) is 3.09. The highest BCUT2D eigenvalue weighted by Gasteiger charge is 2.30. The summed E-state index contributed by atoms with van der Waals surface area (Å²) >= 11 is 3.11. The van der Waals surface area contributed by atoms with Gasteiger partial charge in [0.05, 0.1) is 9.37 Å². The molecule has 4 rings (SSSR count). The predicted molar refractivity (Wildman–Crippen MR) is 103 cm³/mol. The molecule has 2 aromatic carbocycles. The quantitative estimate of drug-likeness (QED) is 0.619. The maximum atomic E-state index is 14.0. The molecule has 1 fully saturated rings. The zero-order valence-electron chi connectivity index (χ0n) is 14.0. The van der Waals surface area contributed by atoms with Crippen LogP contribution in [-0.4, -0.2) is 13.4 Å². The van der Waals surface area contributed by atoms with Crippen molar-refractivity contribution in [3.05, 3.63) is 64.0 Å². The van der Waals surface area contributed by atoms with Crippen LogP contribution in [0, 0.1) is 12.7 Å². The lowest BCUT2D eigenvalue weighted by Crippen LogP contribution is -2.16. The summed E-state index contributed by atoms with van der Waals surface area (Å²) in [5.41, 5.74) is 1.43. The van der Waals surface area contributed by atoms with Gasteiger partial charge in [-0.15, -0.1) is 0 Å². The fraction of sp³-hybridized carbons (Fsp3) is 0.211. The third kappa shape index (κ3) is 3.10. The van der Waals surface area contributed by atoms with Crippen molar-refractivity contribution in [2.75, 3.05) is 4.72 Å². The summed E-state index contributed by atoms with van der Waals surface area (Å²) in [6.07, 6.45) is 3.68. The number of hydrogen-bond donors (Lipinski definition) is 1. The number of aryl methyl sites for hydroxylation is 1. The molecular formula is C19H16BrFN2O2S. The number of nitrogens with zero attached hydrogens (tertiary/aromatic N) is 1. The Bertz CT molecular complexity index is 1100. The molecule has 0 bridgehead atoms. The molecule has 3 aromatic rings. The van der Waals surface area contributed by atoms with E-state index in [2.05, 4.69) is 25.6 Å². The van der Waals surface area contributed by atoms with Crippen molar-refractivity contribution in [3.8, 4) is 0 Å². The number of anilines is 1. The molecule has 1 N–H and O–H groups in total. The Morgan fingerprint density at radius 2 is 1.96 bits per heavy atom. The molecule has 0 spiro atoms. The summed E-state index contributed by atoms with van der Waals surface area (Å²) < 4.78 is 42.4. The van der Waals surface area contributed by atoms with Crippen LogP contribution in [0.15, 0.2) is 52.0 Å². The molecule has 0 aliphatic heterocycles. The molecule has 26 heavy (non-hydrogen) atoms. The van der Waals surface area contributed by atoms with E-state index in [9.17, 15) is 12.8 Å². The first-order chi connectivity index (χ1) is 12.4. The van der Waals surface area contributed by atoms with Crippen molar-refractivity contribution in [3.63, 3.8) is 0 Å². The molecule has 1 saturated carbocycles. The standard InChI is InChI=1S/C19H16BrFN2O2S/c1-11-8-14(9-16(21)18(11)20)26(24,25)23-19-17(12-6-7-12)15-5-3-2-4-13(15)10-22-19/h2-5,8-10,12H,6-7H2,1H3,(H,22,23). The van der Waals surface area contributed by atoms with Crippen molar-refractivity contribution < 1.29 is 12.8 Å². The van der Waals surface area contributed by atoms with Gasteiger partial charge in [-0.1, -0.05) is 24.3 Å². The number of fused-ring (bicyclic) bond motifs is 1. The summed E-state index contributed by atoms with van der Waals surface area (Å²) in [5.74, 6) is 0.0149. The van der Waals surface area contributed by atoms with Gasteiger partial charge in [-0.2, -0.15) is 0 Å². The van der Waals surface area contributed by atoms with E-state index in [0.717, 1.165) is 35.2 Å². The van der Waals surface area contributed by atoms with Crippen LogP contribution < -0.4 is 4.72 Å². The number of pyridine rings is 1. The van der Waals surface area contributed by atoms with Crippen LogP contribution in [0.1, 0.15) is 29.9 Å². The van der Waals surface area contributed by atoms with Gasteiger partial charge in [-0.3, -0.25) is 4.72 Å². The summed E-state index contributed by atoms with van der Waals surface area (Å²) in [5, 5.41) is 1.98. The SMILES string of the molecule is Cc1cc(S(=O)(=O)Nc2ncc3ccccc3c2C2CC2)cc(F)c1Br. The average Bonchev–Trinajstić information content (AvgIpc) is 3.43. The maximum absolute atomic E-state index is 14.0. The molecule has 1 aromatic heterocycles. The number of hydrogen-bond acceptors (Lipinski definition) is 3. The van der Waals surface area contributed by atoms with E-state index in [-0.39, 0.29) is 9.37 Å². The van der Waals surface area contributed by atoms with Crippen LogP contribution >= 0.6 is 15.9 Å². The summed E-state index contributed by atoms with van der Waals surface area (Å²) in [6, 6.07) is 10.2. The normalized spacial score (nSPS) is 14.6. The largest absolute Gasteiger partial charge is 0.263 e. The van der Waals surface area contributed by atoms with Gasteiger partial charge < -0.3 is 0 Å². The molecule has 4 nitrogen and oxygen atoms in total. The first-order valence-corrected chi connectivity index (χ1v) is 10.5. The van der Waals surface area contributed by atoms with Crippen molar-refractivity contribution in [1.82, 2.24) is 4.98 Å². The van der Waals surface area contributed by atoms with E-state index in [1.165, 1.54) is 6.07 Å². The van der Waals surface area contributed by atoms with Crippen LogP contribution in [0.25, 0.3) is 10.8 Å². The Labute approximate surface area is 159 Å². The highest BCUT2D eigenvalue weighted by molar-refractivity contribution is 9.10. The molecule has 0 saturated heterocycles. The van der Waals surface area contributed by atoms with Crippen LogP contribution in [-0.2, 0) is 10.0 Å². The minimum atomic E-state index is -3.95. The van der Waals surface area contributed by atoms with Crippen molar-refractivity contribution in [2.24, 2.45) is 0 Å². The van der Waals surface area contributed by atoms with Gasteiger partial charge >= 0.3 is 0 Å².